The monoisotopic (exact) mass is 378 g/mol. The fourth-order valence-electron chi connectivity index (χ4n) is 3.52. The highest BCUT2D eigenvalue weighted by atomic mass is 16.1. The molecule has 0 spiro atoms. The molecule has 1 aliphatic heterocycles. The first-order valence-electron chi connectivity index (χ1n) is 9.86. The number of aryl methyl sites for hydroxylation is 2. The van der Waals surface area contributed by atoms with E-state index < -0.39 is 0 Å². The zero-order valence-corrected chi connectivity index (χ0v) is 16.0. The van der Waals surface area contributed by atoms with Crippen LogP contribution in [0.15, 0.2) is 53.6 Å². The molecule has 28 heavy (non-hydrogen) atoms. The average Bonchev–Trinajstić information content (AvgIpc) is 3.10. The lowest BCUT2D eigenvalue weighted by Gasteiger charge is -2.19. The van der Waals surface area contributed by atoms with Crippen LogP contribution in [0.1, 0.15) is 17.7 Å². The zero-order valence-electron chi connectivity index (χ0n) is 16.0. The molecule has 7 heteroatoms. The van der Waals surface area contributed by atoms with Gasteiger partial charge in [-0.2, -0.15) is 5.10 Å². The summed E-state index contributed by atoms with van der Waals surface area (Å²) in [5.74, 6) is 0.619. The fourth-order valence-corrected chi connectivity index (χ4v) is 3.52. The van der Waals surface area contributed by atoms with Gasteiger partial charge in [-0.05, 0) is 31.1 Å². The van der Waals surface area contributed by atoms with Gasteiger partial charge in [0.2, 0.25) is 0 Å². The summed E-state index contributed by atoms with van der Waals surface area (Å²) >= 11 is 0. The Morgan fingerprint density at radius 1 is 1.11 bits per heavy atom. The first-order valence-corrected chi connectivity index (χ1v) is 9.86. The Bertz CT molecular complexity index is 924. The van der Waals surface area contributed by atoms with Crippen LogP contribution in [0.5, 0.6) is 0 Å². The molecule has 2 aromatic heterocycles. The van der Waals surface area contributed by atoms with E-state index in [1.54, 1.807) is 12.3 Å². The van der Waals surface area contributed by atoms with E-state index in [9.17, 15) is 4.79 Å². The zero-order chi connectivity index (χ0) is 19.2. The Hall–Kier alpha value is -2.77. The molecule has 2 N–H and O–H groups in total. The van der Waals surface area contributed by atoms with Crippen molar-refractivity contribution in [3.05, 3.63) is 70.4 Å². The van der Waals surface area contributed by atoms with Gasteiger partial charge in [0.15, 0.2) is 0 Å². The molecule has 7 nitrogen and oxygen atoms in total. The topological polar surface area (TPSA) is 78.8 Å². The number of rotatable bonds is 6. The van der Waals surface area contributed by atoms with Gasteiger partial charge in [-0.15, -0.1) is 0 Å². The summed E-state index contributed by atoms with van der Waals surface area (Å²) in [5, 5.41) is 7.63. The van der Waals surface area contributed by atoms with Crippen LogP contribution in [0.4, 0.5) is 0 Å². The summed E-state index contributed by atoms with van der Waals surface area (Å²) in [4.78, 5) is 22.1. The van der Waals surface area contributed by atoms with Crippen molar-refractivity contribution < 1.29 is 0 Å². The molecule has 0 aliphatic carbocycles. The number of aromatic nitrogens is 4. The molecule has 1 fully saturated rings. The van der Waals surface area contributed by atoms with E-state index in [0.29, 0.717) is 18.8 Å². The van der Waals surface area contributed by atoms with Crippen molar-refractivity contribution in [3.63, 3.8) is 0 Å². The molecule has 3 aromatic rings. The van der Waals surface area contributed by atoms with Crippen LogP contribution in [0.2, 0.25) is 0 Å². The third-order valence-electron chi connectivity index (χ3n) is 5.02. The van der Waals surface area contributed by atoms with Gasteiger partial charge in [0.05, 0.1) is 5.69 Å². The van der Waals surface area contributed by atoms with E-state index >= 15 is 0 Å². The molecule has 146 valence electrons. The minimum Gasteiger partial charge on any atom is -0.315 e. The smallest absolute Gasteiger partial charge is 0.251 e. The molecule has 1 saturated heterocycles. The number of benzene rings is 1. The third-order valence-corrected chi connectivity index (χ3v) is 5.02. The lowest BCUT2D eigenvalue weighted by Crippen LogP contribution is -2.27. The SMILES string of the molecule is O=c1cc(CCn2cccn2)nc(-c2ccc(CN3CCCNCC3)cc2)[nH]1. The average molecular weight is 378 g/mol. The van der Waals surface area contributed by atoms with Gasteiger partial charge in [0, 0.05) is 56.6 Å². The van der Waals surface area contributed by atoms with E-state index in [0.717, 1.165) is 44.0 Å². The van der Waals surface area contributed by atoms with Crippen LogP contribution >= 0.6 is 0 Å². The van der Waals surface area contributed by atoms with Crippen molar-refractivity contribution in [2.75, 3.05) is 26.2 Å². The molecule has 1 aliphatic rings. The largest absolute Gasteiger partial charge is 0.315 e. The molecule has 4 rings (SSSR count). The first-order chi connectivity index (χ1) is 13.8. The molecular weight excluding hydrogens is 352 g/mol. The third kappa shape index (κ3) is 4.94. The summed E-state index contributed by atoms with van der Waals surface area (Å²) in [7, 11) is 0. The second-order valence-corrected chi connectivity index (χ2v) is 7.18. The van der Waals surface area contributed by atoms with Gasteiger partial charge in [-0.3, -0.25) is 14.4 Å². The van der Waals surface area contributed by atoms with E-state index in [2.05, 4.69) is 37.4 Å². The second kappa shape index (κ2) is 8.95. The predicted molar refractivity (Wildman–Crippen MR) is 109 cm³/mol. The van der Waals surface area contributed by atoms with Crippen LogP contribution in [0, 0.1) is 0 Å². The maximum Gasteiger partial charge on any atom is 0.251 e. The highest BCUT2D eigenvalue weighted by Gasteiger charge is 2.10. The Morgan fingerprint density at radius 2 is 2.00 bits per heavy atom. The van der Waals surface area contributed by atoms with Gasteiger partial charge < -0.3 is 10.3 Å². The number of hydrogen-bond acceptors (Lipinski definition) is 5. The normalized spacial score (nSPS) is 15.4. The van der Waals surface area contributed by atoms with Crippen LogP contribution < -0.4 is 10.9 Å². The Morgan fingerprint density at radius 3 is 2.82 bits per heavy atom. The summed E-state index contributed by atoms with van der Waals surface area (Å²) in [6.07, 6.45) is 5.52. The molecule has 0 amide bonds. The van der Waals surface area contributed by atoms with Crippen molar-refractivity contribution in [1.82, 2.24) is 30.0 Å². The predicted octanol–water partition coefficient (Wildman–Crippen LogP) is 1.67. The maximum atomic E-state index is 12.1. The van der Waals surface area contributed by atoms with Gasteiger partial charge >= 0.3 is 0 Å². The van der Waals surface area contributed by atoms with Crippen molar-refractivity contribution in [3.8, 4) is 11.4 Å². The van der Waals surface area contributed by atoms with Crippen LogP contribution in [-0.4, -0.2) is 50.8 Å². The number of aromatic amines is 1. The number of hydrogen-bond donors (Lipinski definition) is 2. The molecule has 0 atom stereocenters. The minimum atomic E-state index is -0.124. The number of nitrogens with one attached hydrogen (secondary N) is 2. The van der Waals surface area contributed by atoms with Gasteiger partial charge in [-0.25, -0.2) is 4.98 Å². The van der Waals surface area contributed by atoms with Crippen molar-refractivity contribution in [1.29, 1.82) is 0 Å². The number of H-pyrrole nitrogens is 1. The minimum absolute atomic E-state index is 0.124. The van der Waals surface area contributed by atoms with Crippen LogP contribution in [-0.2, 0) is 19.5 Å². The van der Waals surface area contributed by atoms with E-state index in [1.165, 1.54) is 12.0 Å². The maximum absolute atomic E-state index is 12.1. The van der Waals surface area contributed by atoms with Gasteiger partial charge in [-0.1, -0.05) is 24.3 Å². The van der Waals surface area contributed by atoms with Crippen LogP contribution in [0.3, 0.4) is 0 Å². The summed E-state index contributed by atoms with van der Waals surface area (Å²) < 4.78 is 1.84. The van der Waals surface area contributed by atoms with Crippen molar-refractivity contribution in [2.45, 2.75) is 25.9 Å². The van der Waals surface area contributed by atoms with E-state index in [1.807, 2.05) is 29.1 Å². The van der Waals surface area contributed by atoms with Crippen molar-refractivity contribution in [2.24, 2.45) is 0 Å². The second-order valence-electron chi connectivity index (χ2n) is 7.18. The lowest BCUT2D eigenvalue weighted by atomic mass is 10.1. The molecular formula is C21H26N6O. The Balaban J connectivity index is 1.45. The Kier molecular flexibility index (Phi) is 5.94. The van der Waals surface area contributed by atoms with E-state index in [-0.39, 0.29) is 5.56 Å². The highest BCUT2D eigenvalue weighted by molar-refractivity contribution is 5.55. The summed E-state index contributed by atoms with van der Waals surface area (Å²) in [6, 6.07) is 11.8. The fraction of sp³-hybridized carbons (Fsp3) is 0.381. The van der Waals surface area contributed by atoms with E-state index in [4.69, 9.17) is 0 Å². The Labute approximate surface area is 164 Å². The molecule has 0 saturated carbocycles. The number of nitrogens with zero attached hydrogens (tertiary/aromatic N) is 4. The quantitative estimate of drug-likeness (QED) is 0.682. The molecule has 0 radical (unpaired) electrons. The summed E-state index contributed by atoms with van der Waals surface area (Å²) in [5.41, 5.74) is 2.86. The standard InChI is InChI=1S/C21H26N6O/c28-20-15-19(7-13-27-12-2-9-23-27)24-21(25-20)18-5-3-17(4-6-18)16-26-11-1-8-22-10-14-26/h2-6,9,12,15,22H,1,7-8,10-11,13-14,16H2,(H,24,25,28). The molecule has 0 unspecified atom stereocenters. The van der Waals surface area contributed by atoms with Crippen molar-refractivity contribution >= 4 is 0 Å². The highest BCUT2D eigenvalue weighted by Crippen LogP contribution is 2.16. The molecule has 3 heterocycles. The summed E-state index contributed by atoms with van der Waals surface area (Å²) in [6.45, 7) is 6.01. The van der Waals surface area contributed by atoms with Crippen LogP contribution in [0.25, 0.3) is 11.4 Å². The first kappa shape index (κ1) is 18.6. The van der Waals surface area contributed by atoms with Gasteiger partial charge in [0.25, 0.3) is 5.56 Å². The molecule has 0 bridgehead atoms. The van der Waals surface area contributed by atoms with Gasteiger partial charge in [0.1, 0.15) is 5.82 Å². The lowest BCUT2D eigenvalue weighted by molar-refractivity contribution is 0.284. The molecule has 1 aromatic carbocycles.